The third-order valence-electron chi connectivity index (χ3n) is 4.43. The van der Waals surface area contributed by atoms with Gasteiger partial charge in [-0.2, -0.15) is 0 Å². The van der Waals surface area contributed by atoms with Gasteiger partial charge in [0.25, 0.3) is 5.91 Å². The van der Waals surface area contributed by atoms with Crippen molar-refractivity contribution in [3.63, 3.8) is 0 Å². The number of hydrogen-bond acceptors (Lipinski definition) is 3. The molecule has 132 valence electrons. The average molecular weight is 354 g/mol. The SMILES string of the molecule is COc1cccc(-c2cccc3cccc(NC(=O)c4ccccn4)c23)c1. The number of benzene rings is 3. The summed E-state index contributed by atoms with van der Waals surface area (Å²) < 4.78 is 5.36. The first-order valence-corrected chi connectivity index (χ1v) is 8.65. The Hall–Kier alpha value is -3.66. The standard InChI is InChI=1S/C23H18N2O2/c1-27-18-10-4-9-17(15-18)19-11-5-7-16-8-6-13-20(22(16)19)25-23(26)21-12-2-3-14-24-21/h2-15H,1H3,(H,25,26). The van der Waals surface area contributed by atoms with Crippen LogP contribution in [0.1, 0.15) is 10.5 Å². The van der Waals surface area contributed by atoms with E-state index in [0.29, 0.717) is 5.69 Å². The van der Waals surface area contributed by atoms with Crippen molar-refractivity contribution >= 4 is 22.4 Å². The summed E-state index contributed by atoms with van der Waals surface area (Å²) in [6.45, 7) is 0. The minimum absolute atomic E-state index is 0.233. The molecule has 0 aliphatic rings. The predicted molar refractivity (Wildman–Crippen MR) is 108 cm³/mol. The molecule has 4 heteroatoms. The summed E-state index contributed by atoms with van der Waals surface area (Å²) in [4.78, 5) is 16.7. The van der Waals surface area contributed by atoms with Gasteiger partial charge in [0.05, 0.1) is 7.11 Å². The number of hydrogen-bond donors (Lipinski definition) is 1. The lowest BCUT2D eigenvalue weighted by Crippen LogP contribution is -2.13. The van der Waals surface area contributed by atoms with E-state index in [-0.39, 0.29) is 5.91 Å². The third-order valence-corrected chi connectivity index (χ3v) is 4.43. The summed E-state index contributed by atoms with van der Waals surface area (Å²) >= 11 is 0. The molecule has 1 heterocycles. The summed E-state index contributed by atoms with van der Waals surface area (Å²) in [5, 5.41) is 5.04. The van der Waals surface area contributed by atoms with Crippen LogP contribution in [-0.2, 0) is 0 Å². The highest BCUT2D eigenvalue weighted by atomic mass is 16.5. The Morgan fingerprint density at radius 2 is 1.74 bits per heavy atom. The Morgan fingerprint density at radius 1 is 0.926 bits per heavy atom. The first-order valence-electron chi connectivity index (χ1n) is 8.65. The molecular formula is C23H18N2O2. The molecule has 0 atom stereocenters. The first-order chi connectivity index (χ1) is 13.3. The number of fused-ring (bicyclic) bond motifs is 1. The molecule has 3 aromatic carbocycles. The van der Waals surface area contributed by atoms with Crippen LogP contribution in [0, 0.1) is 0 Å². The number of rotatable bonds is 4. The molecular weight excluding hydrogens is 336 g/mol. The second-order valence-corrected chi connectivity index (χ2v) is 6.11. The molecule has 0 spiro atoms. The summed E-state index contributed by atoms with van der Waals surface area (Å²) in [6.07, 6.45) is 1.61. The van der Waals surface area contributed by atoms with Gasteiger partial charge in [0.15, 0.2) is 0 Å². The van der Waals surface area contributed by atoms with Crippen LogP contribution in [0.5, 0.6) is 5.75 Å². The van der Waals surface area contributed by atoms with E-state index in [4.69, 9.17) is 4.74 Å². The van der Waals surface area contributed by atoms with Crippen LogP contribution >= 0.6 is 0 Å². The van der Waals surface area contributed by atoms with Crippen molar-refractivity contribution in [3.05, 3.63) is 90.8 Å². The molecule has 0 fully saturated rings. The molecule has 0 bridgehead atoms. The number of nitrogens with one attached hydrogen (secondary N) is 1. The normalized spacial score (nSPS) is 10.6. The molecule has 0 saturated carbocycles. The van der Waals surface area contributed by atoms with Crippen LogP contribution in [-0.4, -0.2) is 18.0 Å². The van der Waals surface area contributed by atoms with Gasteiger partial charge in [-0.15, -0.1) is 0 Å². The maximum Gasteiger partial charge on any atom is 0.274 e. The molecule has 0 saturated heterocycles. The molecule has 1 amide bonds. The van der Waals surface area contributed by atoms with Crippen molar-refractivity contribution in [2.24, 2.45) is 0 Å². The van der Waals surface area contributed by atoms with Gasteiger partial charge in [-0.3, -0.25) is 9.78 Å². The van der Waals surface area contributed by atoms with E-state index >= 15 is 0 Å². The van der Waals surface area contributed by atoms with E-state index in [9.17, 15) is 4.79 Å². The lowest BCUT2D eigenvalue weighted by Gasteiger charge is -2.13. The highest BCUT2D eigenvalue weighted by Crippen LogP contribution is 2.35. The van der Waals surface area contributed by atoms with Crippen molar-refractivity contribution in [2.45, 2.75) is 0 Å². The second kappa shape index (κ2) is 7.30. The molecule has 4 aromatic rings. The first kappa shape index (κ1) is 16.8. The molecule has 0 radical (unpaired) electrons. The summed E-state index contributed by atoms with van der Waals surface area (Å²) in [5.74, 6) is 0.558. The Labute approximate surface area is 157 Å². The van der Waals surface area contributed by atoms with Crippen LogP contribution in [0.3, 0.4) is 0 Å². The number of carbonyl (C=O) groups excluding carboxylic acids is 1. The smallest absolute Gasteiger partial charge is 0.274 e. The van der Waals surface area contributed by atoms with Crippen LogP contribution in [0.2, 0.25) is 0 Å². The van der Waals surface area contributed by atoms with Crippen LogP contribution < -0.4 is 10.1 Å². The number of anilines is 1. The third kappa shape index (κ3) is 3.37. The van der Waals surface area contributed by atoms with Gasteiger partial charge in [-0.05, 0) is 46.8 Å². The molecule has 0 aliphatic carbocycles. The monoisotopic (exact) mass is 354 g/mol. The van der Waals surface area contributed by atoms with Crippen LogP contribution in [0.15, 0.2) is 85.1 Å². The van der Waals surface area contributed by atoms with Gasteiger partial charge in [-0.25, -0.2) is 0 Å². The zero-order chi connectivity index (χ0) is 18.6. The fourth-order valence-corrected chi connectivity index (χ4v) is 3.16. The predicted octanol–water partition coefficient (Wildman–Crippen LogP) is 5.16. The van der Waals surface area contributed by atoms with Crippen molar-refractivity contribution in [1.29, 1.82) is 0 Å². The van der Waals surface area contributed by atoms with Crippen molar-refractivity contribution in [1.82, 2.24) is 4.98 Å². The van der Waals surface area contributed by atoms with Gasteiger partial charge < -0.3 is 10.1 Å². The Kier molecular flexibility index (Phi) is 4.54. The minimum Gasteiger partial charge on any atom is -0.497 e. The van der Waals surface area contributed by atoms with Crippen molar-refractivity contribution < 1.29 is 9.53 Å². The van der Waals surface area contributed by atoms with E-state index in [2.05, 4.69) is 10.3 Å². The zero-order valence-corrected chi connectivity index (χ0v) is 14.8. The number of carbonyl (C=O) groups is 1. The molecule has 0 aliphatic heterocycles. The van der Waals surface area contributed by atoms with Crippen molar-refractivity contribution in [3.8, 4) is 16.9 Å². The summed E-state index contributed by atoms with van der Waals surface area (Å²) in [7, 11) is 1.65. The van der Waals surface area contributed by atoms with Gasteiger partial charge in [-0.1, -0.05) is 48.5 Å². The average Bonchev–Trinajstić information content (AvgIpc) is 2.74. The molecule has 1 N–H and O–H groups in total. The summed E-state index contributed by atoms with van der Waals surface area (Å²) in [6, 6.07) is 25.2. The lowest BCUT2D eigenvalue weighted by molar-refractivity contribution is 0.102. The maximum atomic E-state index is 12.6. The largest absolute Gasteiger partial charge is 0.497 e. The van der Waals surface area contributed by atoms with Crippen molar-refractivity contribution in [2.75, 3.05) is 12.4 Å². The number of nitrogens with zero attached hydrogens (tertiary/aromatic N) is 1. The van der Waals surface area contributed by atoms with E-state index in [0.717, 1.165) is 33.3 Å². The highest BCUT2D eigenvalue weighted by Gasteiger charge is 2.13. The van der Waals surface area contributed by atoms with E-state index in [1.54, 1.807) is 31.5 Å². The molecule has 0 unspecified atom stereocenters. The number of ether oxygens (including phenoxy) is 1. The van der Waals surface area contributed by atoms with Gasteiger partial charge >= 0.3 is 0 Å². The maximum absolute atomic E-state index is 12.6. The summed E-state index contributed by atoms with van der Waals surface area (Å²) in [5.41, 5.74) is 3.19. The number of methoxy groups -OCH3 is 1. The topological polar surface area (TPSA) is 51.2 Å². The Balaban J connectivity index is 1.83. The van der Waals surface area contributed by atoms with E-state index in [1.807, 2.05) is 60.7 Å². The van der Waals surface area contributed by atoms with Crippen LogP contribution in [0.25, 0.3) is 21.9 Å². The Morgan fingerprint density at radius 3 is 2.52 bits per heavy atom. The van der Waals surface area contributed by atoms with E-state index < -0.39 is 0 Å². The molecule has 4 nitrogen and oxygen atoms in total. The number of pyridine rings is 1. The van der Waals surface area contributed by atoms with Gasteiger partial charge in [0, 0.05) is 17.3 Å². The quantitative estimate of drug-likeness (QED) is 0.550. The zero-order valence-electron chi connectivity index (χ0n) is 14.8. The van der Waals surface area contributed by atoms with Gasteiger partial charge in [0.2, 0.25) is 0 Å². The number of amides is 1. The fourth-order valence-electron chi connectivity index (χ4n) is 3.16. The second-order valence-electron chi connectivity index (χ2n) is 6.11. The number of aromatic nitrogens is 1. The lowest BCUT2D eigenvalue weighted by atomic mass is 9.96. The minimum atomic E-state index is -0.233. The van der Waals surface area contributed by atoms with Gasteiger partial charge in [0.1, 0.15) is 11.4 Å². The molecule has 1 aromatic heterocycles. The fraction of sp³-hybridized carbons (Fsp3) is 0.0435. The molecule has 4 rings (SSSR count). The van der Waals surface area contributed by atoms with Crippen LogP contribution in [0.4, 0.5) is 5.69 Å². The highest BCUT2D eigenvalue weighted by molar-refractivity contribution is 6.12. The molecule has 27 heavy (non-hydrogen) atoms. The van der Waals surface area contributed by atoms with E-state index in [1.165, 1.54) is 0 Å². The Bertz CT molecular complexity index is 1100.